The largest absolute Gasteiger partial charge is 0.337 e. The van der Waals surface area contributed by atoms with Crippen molar-refractivity contribution in [1.29, 1.82) is 0 Å². The van der Waals surface area contributed by atoms with Gasteiger partial charge in [0.2, 0.25) is 10.0 Å². The minimum absolute atomic E-state index is 0.0234. The molecule has 0 unspecified atom stereocenters. The second-order valence-electron chi connectivity index (χ2n) is 6.37. The minimum Gasteiger partial charge on any atom is -0.337 e. The summed E-state index contributed by atoms with van der Waals surface area (Å²) in [6.07, 6.45) is 2.00. The fourth-order valence-electron chi connectivity index (χ4n) is 2.96. The Hall–Kier alpha value is -2.52. The van der Waals surface area contributed by atoms with Gasteiger partial charge in [-0.25, -0.2) is 12.8 Å². The van der Waals surface area contributed by atoms with Crippen LogP contribution in [0.2, 0.25) is 0 Å². The van der Waals surface area contributed by atoms with E-state index in [1.165, 1.54) is 33.3 Å². The molecule has 9 heteroatoms. The van der Waals surface area contributed by atoms with Gasteiger partial charge in [0.25, 0.3) is 11.5 Å². The molecule has 0 bridgehead atoms. The van der Waals surface area contributed by atoms with E-state index in [9.17, 15) is 22.4 Å². The van der Waals surface area contributed by atoms with Crippen molar-refractivity contribution in [3.63, 3.8) is 0 Å². The number of nitrogens with zero attached hydrogens (tertiary/aromatic N) is 3. The summed E-state index contributed by atoms with van der Waals surface area (Å²) in [6.45, 7) is 1.01. The summed E-state index contributed by atoms with van der Waals surface area (Å²) in [5.74, 6) is -0.802. The lowest BCUT2D eigenvalue weighted by atomic mass is 10.2. The number of rotatable bonds is 3. The molecule has 2 heterocycles. The number of amides is 1. The molecule has 0 radical (unpaired) electrons. The fourth-order valence-corrected chi connectivity index (χ4v) is 4.43. The minimum atomic E-state index is -3.75. The Bertz CT molecular complexity index is 1000. The van der Waals surface area contributed by atoms with Gasteiger partial charge in [-0.05, 0) is 36.8 Å². The molecule has 0 N–H and O–H groups in total. The smallest absolute Gasteiger partial charge is 0.254 e. The number of aryl methyl sites for hydroxylation is 1. The summed E-state index contributed by atoms with van der Waals surface area (Å²) in [4.78, 5) is 26.0. The SMILES string of the molecule is Cn1ccc(C(=O)N2CCCN(S(=O)(=O)c3ccc(F)cc3)CC2)cc1=O. The van der Waals surface area contributed by atoms with Crippen molar-refractivity contribution in [1.82, 2.24) is 13.8 Å². The average molecular weight is 393 g/mol. The molecular formula is C18H20FN3O4S. The molecule has 0 atom stereocenters. The molecule has 2 aromatic rings. The third kappa shape index (κ3) is 4.09. The van der Waals surface area contributed by atoms with Crippen LogP contribution in [-0.4, -0.2) is 54.3 Å². The maximum atomic E-state index is 13.1. The van der Waals surface area contributed by atoms with Gasteiger partial charge in [-0.1, -0.05) is 0 Å². The predicted octanol–water partition coefficient (Wildman–Crippen LogP) is 1.06. The van der Waals surface area contributed by atoms with Gasteiger partial charge in [-0.15, -0.1) is 0 Å². The molecule has 7 nitrogen and oxygen atoms in total. The first kappa shape index (κ1) is 19.2. The summed E-state index contributed by atoms with van der Waals surface area (Å²) in [5, 5.41) is 0. The van der Waals surface area contributed by atoms with Crippen LogP contribution in [0, 0.1) is 5.82 Å². The first-order valence-corrected chi connectivity index (χ1v) is 9.95. The Kier molecular flexibility index (Phi) is 5.43. The molecular weight excluding hydrogens is 373 g/mol. The highest BCUT2D eigenvalue weighted by Crippen LogP contribution is 2.18. The van der Waals surface area contributed by atoms with Crippen molar-refractivity contribution in [3.8, 4) is 0 Å². The summed E-state index contributed by atoms with van der Waals surface area (Å²) < 4.78 is 41.2. The lowest BCUT2D eigenvalue weighted by Crippen LogP contribution is -2.37. The normalized spacial score (nSPS) is 16.1. The number of carbonyl (C=O) groups is 1. The average Bonchev–Trinajstić information content (AvgIpc) is 2.90. The summed E-state index contributed by atoms with van der Waals surface area (Å²) in [7, 11) is -2.15. The van der Waals surface area contributed by atoms with Gasteiger partial charge in [0, 0.05) is 51.1 Å². The number of hydrogen-bond donors (Lipinski definition) is 0. The highest BCUT2D eigenvalue weighted by Gasteiger charge is 2.28. The number of pyridine rings is 1. The van der Waals surface area contributed by atoms with Crippen LogP contribution in [0.5, 0.6) is 0 Å². The van der Waals surface area contributed by atoms with Gasteiger partial charge in [0.15, 0.2) is 0 Å². The van der Waals surface area contributed by atoms with E-state index in [1.54, 1.807) is 18.0 Å². The van der Waals surface area contributed by atoms with E-state index in [0.29, 0.717) is 13.0 Å². The lowest BCUT2D eigenvalue weighted by Gasteiger charge is -2.22. The number of aromatic nitrogens is 1. The fraction of sp³-hybridized carbons (Fsp3) is 0.333. The van der Waals surface area contributed by atoms with E-state index in [-0.39, 0.29) is 41.6 Å². The summed E-state index contributed by atoms with van der Waals surface area (Å²) in [6, 6.07) is 7.53. The topological polar surface area (TPSA) is 79.7 Å². The van der Waals surface area contributed by atoms with Crippen LogP contribution in [-0.2, 0) is 17.1 Å². The van der Waals surface area contributed by atoms with Gasteiger partial charge in [0.1, 0.15) is 5.82 Å². The molecule has 1 aliphatic heterocycles. The molecule has 0 spiro atoms. The molecule has 1 saturated heterocycles. The van der Waals surface area contributed by atoms with Crippen LogP contribution in [0.1, 0.15) is 16.8 Å². The van der Waals surface area contributed by atoms with Crippen molar-refractivity contribution in [2.45, 2.75) is 11.3 Å². The van der Waals surface area contributed by atoms with Crippen LogP contribution < -0.4 is 5.56 Å². The monoisotopic (exact) mass is 393 g/mol. The third-order valence-corrected chi connectivity index (χ3v) is 6.46. The molecule has 1 fully saturated rings. The Labute approximate surface area is 156 Å². The van der Waals surface area contributed by atoms with Crippen molar-refractivity contribution in [2.24, 2.45) is 7.05 Å². The van der Waals surface area contributed by atoms with Gasteiger partial charge in [-0.2, -0.15) is 4.31 Å². The van der Waals surface area contributed by atoms with Gasteiger partial charge < -0.3 is 9.47 Å². The lowest BCUT2D eigenvalue weighted by molar-refractivity contribution is 0.0764. The van der Waals surface area contributed by atoms with E-state index in [2.05, 4.69) is 0 Å². The molecule has 144 valence electrons. The van der Waals surface area contributed by atoms with Crippen molar-refractivity contribution >= 4 is 15.9 Å². The van der Waals surface area contributed by atoms with Crippen LogP contribution in [0.4, 0.5) is 4.39 Å². The summed E-state index contributed by atoms with van der Waals surface area (Å²) in [5.41, 5.74) is 0.00382. The predicted molar refractivity (Wildman–Crippen MR) is 97.4 cm³/mol. The molecule has 3 rings (SSSR count). The first-order valence-electron chi connectivity index (χ1n) is 8.51. The molecule has 0 saturated carbocycles. The Morgan fingerprint density at radius 2 is 1.74 bits per heavy atom. The zero-order chi connectivity index (χ0) is 19.6. The third-order valence-electron chi connectivity index (χ3n) is 4.54. The zero-order valence-electron chi connectivity index (χ0n) is 14.8. The Morgan fingerprint density at radius 1 is 1.04 bits per heavy atom. The van der Waals surface area contributed by atoms with Crippen molar-refractivity contribution < 1.29 is 17.6 Å². The number of halogens is 1. The highest BCUT2D eigenvalue weighted by atomic mass is 32.2. The maximum Gasteiger partial charge on any atom is 0.254 e. The Balaban J connectivity index is 1.75. The molecule has 1 aromatic carbocycles. The van der Waals surface area contributed by atoms with Gasteiger partial charge in [-0.3, -0.25) is 9.59 Å². The van der Waals surface area contributed by atoms with E-state index >= 15 is 0 Å². The maximum absolute atomic E-state index is 13.1. The second-order valence-corrected chi connectivity index (χ2v) is 8.31. The second kappa shape index (κ2) is 7.61. The van der Waals surface area contributed by atoms with Gasteiger partial charge >= 0.3 is 0 Å². The van der Waals surface area contributed by atoms with E-state index < -0.39 is 15.8 Å². The number of sulfonamides is 1. The molecule has 27 heavy (non-hydrogen) atoms. The molecule has 1 aromatic heterocycles. The van der Waals surface area contributed by atoms with Crippen LogP contribution in [0.3, 0.4) is 0 Å². The van der Waals surface area contributed by atoms with Crippen LogP contribution in [0.25, 0.3) is 0 Å². The van der Waals surface area contributed by atoms with Crippen molar-refractivity contribution in [2.75, 3.05) is 26.2 Å². The molecule has 1 aliphatic rings. The zero-order valence-corrected chi connectivity index (χ0v) is 15.7. The highest BCUT2D eigenvalue weighted by molar-refractivity contribution is 7.89. The van der Waals surface area contributed by atoms with E-state index in [4.69, 9.17) is 0 Å². The number of carbonyl (C=O) groups excluding carboxylic acids is 1. The molecule has 1 amide bonds. The molecule has 0 aliphatic carbocycles. The van der Waals surface area contributed by atoms with Crippen LogP contribution in [0.15, 0.2) is 52.3 Å². The van der Waals surface area contributed by atoms with Crippen molar-refractivity contribution in [3.05, 3.63) is 64.3 Å². The standard InChI is InChI=1S/C18H20FN3O4S/c1-20-10-7-14(13-17(20)23)18(24)21-8-2-9-22(12-11-21)27(25,26)16-5-3-15(19)4-6-16/h3-7,10,13H,2,8-9,11-12H2,1H3. The van der Waals surface area contributed by atoms with E-state index in [0.717, 1.165) is 12.1 Å². The van der Waals surface area contributed by atoms with Gasteiger partial charge in [0.05, 0.1) is 4.90 Å². The number of hydrogen-bond acceptors (Lipinski definition) is 4. The van der Waals surface area contributed by atoms with E-state index in [1.807, 2.05) is 0 Å². The number of benzene rings is 1. The van der Waals surface area contributed by atoms with Crippen LogP contribution >= 0.6 is 0 Å². The Morgan fingerprint density at radius 3 is 2.41 bits per heavy atom. The first-order chi connectivity index (χ1) is 12.8. The quantitative estimate of drug-likeness (QED) is 0.781. The summed E-state index contributed by atoms with van der Waals surface area (Å²) >= 11 is 0.